The van der Waals surface area contributed by atoms with Crippen LogP contribution >= 0.6 is 0 Å². The zero-order valence-corrected chi connectivity index (χ0v) is 13.1. The number of hydrogen-bond acceptors (Lipinski definition) is 3. The second kappa shape index (κ2) is 11.2. The van der Waals surface area contributed by atoms with Crippen molar-refractivity contribution in [1.82, 2.24) is 4.72 Å². The molecule has 0 aliphatic rings. The summed E-state index contributed by atoms with van der Waals surface area (Å²) in [6, 6.07) is 1.82. The predicted octanol–water partition coefficient (Wildman–Crippen LogP) is 3.35. The smallest absolute Gasteiger partial charge is 0.214 e. The number of nitrogens with zero attached hydrogens (tertiary/aromatic N) is 1. The summed E-state index contributed by atoms with van der Waals surface area (Å²) in [7, 11) is -3.44. The lowest BCUT2D eigenvalue weighted by Gasteiger charge is -2.09. The van der Waals surface area contributed by atoms with Gasteiger partial charge in [0.1, 0.15) is 0 Å². The van der Waals surface area contributed by atoms with Crippen LogP contribution in [0.15, 0.2) is 0 Å². The van der Waals surface area contributed by atoms with E-state index in [4.69, 9.17) is 5.26 Å². The molecule has 0 rings (SSSR count). The van der Waals surface area contributed by atoms with Gasteiger partial charge in [-0.1, -0.05) is 58.8 Å². The van der Waals surface area contributed by atoms with E-state index in [1.54, 1.807) is 6.92 Å². The highest BCUT2D eigenvalue weighted by atomic mass is 32.2. The summed E-state index contributed by atoms with van der Waals surface area (Å²) in [5, 5.41) is 7.82. The topological polar surface area (TPSA) is 70.0 Å². The van der Waals surface area contributed by atoms with Crippen LogP contribution in [0.4, 0.5) is 0 Å². The number of unbranched alkanes of at least 4 members (excludes halogenated alkanes) is 7. The van der Waals surface area contributed by atoms with E-state index in [0.717, 1.165) is 12.8 Å². The maximum Gasteiger partial charge on any atom is 0.227 e. The number of nitrogens with one attached hydrogen (secondary N) is 1. The first-order valence-electron chi connectivity index (χ1n) is 7.46. The molecule has 0 fully saturated rings. The molecule has 0 heterocycles. The molecule has 0 aliphatic carbocycles. The molecule has 0 aromatic heterocycles. The summed E-state index contributed by atoms with van der Waals surface area (Å²) < 4.78 is 25.9. The minimum atomic E-state index is -3.44. The first-order chi connectivity index (χ1) is 9.08. The lowest BCUT2D eigenvalue weighted by molar-refractivity contribution is 0.554. The normalized spacial score (nSPS) is 13.1. The molecule has 0 saturated heterocycles. The van der Waals surface area contributed by atoms with Crippen LogP contribution in [-0.4, -0.2) is 20.2 Å². The molecule has 0 bridgehead atoms. The fourth-order valence-corrected chi connectivity index (χ4v) is 3.16. The monoisotopic (exact) mass is 288 g/mol. The van der Waals surface area contributed by atoms with Gasteiger partial charge in [-0.25, -0.2) is 13.1 Å². The van der Waals surface area contributed by atoms with Crippen molar-refractivity contribution in [3.8, 4) is 6.07 Å². The van der Waals surface area contributed by atoms with Crippen molar-refractivity contribution in [2.24, 2.45) is 0 Å². The van der Waals surface area contributed by atoms with Gasteiger partial charge in [0.15, 0.2) is 5.25 Å². The Hall–Kier alpha value is -0.600. The average Bonchev–Trinajstić information content (AvgIpc) is 2.38. The SMILES string of the molecule is CCCCCCCCCCNS(=O)(=O)C(C#N)CC. The second-order valence-corrected chi connectivity index (χ2v) is 6.89. The van der Waals surface area contributed by atoms with E-state index in [9.17, 15) is 8.42 Å². The Morgan fingerprint density at radius 2 is 1.53 bits per heavy atom. The molecule has 1 atom stereocenters. The third-order valence-corrected chi connectivity index (χ3v) is 5.02. The Morgan fingerprint density at radius 1 is 1.00 bits per heavy atom. The van der Waals surface area contributed by atoms with E-state index < -0.39 is 15.3 Å². The maximum atomic E-state index is 11.7. The van der Waals surface area contributed by atoms with Crippen LogP contribution < -0.4 is 4.72 Å². The molecule has 0 saturated carbocycles. The van der Waals surface area contributed by atoms with Crippen LogP contribution in [0.1, 0.15) is 71.6 Å². The zero-order valence-electron chi connectivity index (χ0n) is 12.3. The summed E-state index contributed by atoms with van der Waals surface area (Å²) in [6.45, 7) is 4.37. The summed E-state index contributed by atoms with van der Waals surface area (Å²) in [6.07, 6.45) is 9.82. The maximum absolute atomic E-state index is 11.7. The minimum Gasteiger partial charge on any atom is -0.214 e. The summed E-state index contributed by atoms with van der Waals surface area (Å²) in [4.78, 5) is 0. The van der Waals surface area contributed by atoms with Gasteiger partial charge in [0.05, 0.1) is 6.07 Å². The van der Waals surface area contributed by atoms with Crippen LogP contribution in [0.2, 0.25) is 0 Å². The van der Waals surface area contributed by atoms with E-state index in [0.29, 0.717) is 13.0 Å². The molecule has 112 valence electrons. The first kappa shape index (κ1) is 18.4. The standard InChI is InChI=1S/C14H28N2O2S/c1-3-5-6-7-8-9-10-11-12-16-19(17,18)14(4-2)13-15/h14,16H,3-12H2,1-2H3. The van der Waals surface area contributed by atoms with E-state index >= 15 is 0 Å². The Kier molecular flexibility index (Phi) is 10.9. The van der Waals surface area contributed by atoms with Gasteiger partial charge in [-0.3, -0.25) is 0 Å². The van der Waals surface area contributed by atoms with Gasteiger partial charge >= 0.3 is 0 Å². The molecule has 4 nitrogen and oxygen atoms in total. The average molecular weight is 288 g/mol. The Labute approximate surface area is 118 Å². The molecule has 0 spiro atoms. The number of rotatable bonds is 12. The Morgan fingerprint density at radius 3 is 2.00 bits per heavy atom. The van der Waals surface area contributed by atoms with Crippen LogP contribution in [0.5, 0.6) is 0 Å². The largest absolute Gasteiger partial charge is 0.227 e. The van der Waals surface area contributed by atoms with Crippen molar-refractivity contribution in [3.05, 3.63) is 0 Å². The molecule has 0 aromatic carbocycles. The predicted molar refractivity (Wildman–Crippen MR) is 79.2 cm³/mol. The fourth-order valence-electron chi connectivity index (χ4n) is 1.95. The highest BCUT2D eigenvalue weighted by Crippen LogP contribution is 2.08. The lowest BCUT2D eigenvalue weighted by atomic mass is 10.1. The summed E-state index contributed by atoms with van der Waals surface area (Å²) in [5.41, 5.74) is 0. The molecule has 19 heavy (non-hydrogen) atoms. The van der Waals surface area contributed by atoms with E-state index in [-0.39, 0.29) is 0 Å². The van der Waals surface area contributed by atoms with E-state index in [2.05, 4.69) is 11.6 Å². The Balaban J connectivity index is 3.57. The van der Waals surface area contributed by atoms with Crippen LogP contribution in [0.3, 0.4) is 0 Å². The summed E-state index contributed by atoms with van der Waals surface area (Å²) in [5.74, 6) is 0. The van der Waals surface area contributed by atoms with Crippen molar-refractivity contribution in [2.75, 3.05) is 6.54 Å². The van der Waals surface area contributed by atoms with Crippen molar-refractivity contribution >= 4 is 10.0 Å². The number of hydrogen-bond donors (Lipinski definition) is 1. The van der Waals surface area contributed by atoms with Gasteiger partial charge in [0, 0.05) is 6.54 Å². The van der Waals surface area contributed by atoms with E-state index in [1.165, 1.54) is 38.5 Å². The third-order valence-electron chi connectivity index (χ3n) is 3.22. The zero-order chi connectivity index (χ0) is 14.6. The quantitative estimate of drug-likeness (QED) is 0.560. The molecule has 0 radical (unpaired) electrons. The molecule has 0 amide bonds. The van der Waals surface area contributed by atoms with Crippen molar-refractivity contribution in [2.45, 2.75) is 76.9 Å². The van der Waals surface area contributed by atoms with Crippen molar-refractivity contribution in [1.29, 1.82) is 5.26 Å². The van der Waals surface area contributed by atoms with Gasteiger partial charge in [0.25, 0.3) is 0 Å². The van der Waals surface area contributed by atoms with Crippen LogP contribution in [-0.2, 0) is 10.0 Å². The van der Waals surface area contributed by atoms with Gasteiger partial charge in [-0.15, -0.1) is 0 Å². The first-order valence-corrected chi connectivity index (χ1v) is 9.01. The molecular weight excluding hydrogens is 260 g/mol. The summed E-state index contributed by atoms with van der Waals surface area (Å²) >= 11 is 0. The number of nitriles is 1. The van der Waals surface area contributed by atoms with Gasteiger partial charge in [-0.05, 0) is 12.8 Å². The fraction of sp³-hybridized carbons (Fsp3) is 0.929. The van der Waals surface area contributed by atoms with E-state index in [1.807, 2.05) is 6.07 Å². The van der Waals surface area contributed by atoms with Crippen LogP contribution in [0, 0.1) is 11.3 Å². The Bertz CT molecular complexity index is 347. The third kappa shape index (κ3) is 9.01. The van der Waals surface area contributed by atoms with Gasteiger partial charge < -0.3 is 0 Å². The lowest BCUT2D eigenvalue weighted by Crippen LogP contribution is -2.33. The molecule has 1 unspecified atom stereocenters. The molecule has 1 N–H and O–H groups in total. The van der Waals surface area contributed by atoms with Gasteiger partial charge in [-0.2, -0.15) is 5.26 Å². The molecule has 0 aliphatic heterocycles. The highest BCUT2D eigenvalue weighted by molar-refractivity contribution is 7.90. The molecular formula is C14H28N2O2S. The van der Waals surface area contributed by atoms with Gasteiger partial charge in [0.2, 0.25) is 10.0 Å². The minimum absolute atomic E-state index is 0.337. The molecule has 0 aromatic rings. The van der Waals surface area contributed by atoms with Crippen molar-refractivity contribution in [3.63, 3.8) is 0 Å². The second-order valence-electron chi connectivity index (χ2n) is 4.94. The molecule has 5 heteroatoms. The number of sulfonamides is 1. The van der Waals surface area contributed by atoms with Crippen molar-refractivity contribution < 1.29 is 8.42 Å². The highest BCUT2D eigenvalue weighted by Gasteiger charge is 2.22. The van der Waals surface area contributed by atoms with Crippen LogP contribution in [0.25, 0.3) is 0 Å².